The monoisotopic (exact) mass is 488 g/mol. The van der Waals surface area contributed by atoms with Gasteiger partial charge in [0.1, 0.15) is 5.75 Å². The van der Waals surface area contributed by atoms with Crippen LogP contribution in [0.2, 0.25) is 5.02 Å². The van der Waals surface area contributed by atoms with Crippen molar-refractivity contribution < 1.29 is 14.3 Å². The molecule has 0 spiro atoms. The molecule has 1 atom stereocenters. The Kier molecular flexibility index (Phi) is 14.0. The van der Waals surface area contributed by atoms with Gasteiger partial charge in [-0.15, -0.1) is 0 Å². The number of hydrogen-bond donors (Lipinski definition) is 1. The van der Waals surface area contributed by atoms with E-state index in [9.17, 15) is 9.59 Å². The van der Waals surface area contributed by atoms with E-state index in [2.05, 4.69) is 19.2 Å². The van der Waals surface area contributed by atoms with Crippen LogP contribution in [0.3, 0.4) is 0 Å². The summed E-state index contributed by atoms with van der Waals surface area (Å²) >= 11 is 6.32. The fourth-order valence-electron chi connectivity index (χ4n) is 3.51. The number of halogens is 1. The SMILES string of the molecule is CC.CCCCCCC.Cc1ccc(C)c(NC(=O)CN2CC(C=O)Oc3ccccc32)c1Cl. The average Bonchev–Trinajstić information content (AvgIpc) is 2.86. The Morgan fingerprint density at radius 2 is 1.68 bits per heavy atom. The number of carbonyl (C=O) groups is 2. The first-order chi connectivity index (χ1) is 16.4. The van der Waals surface area contributed by atoms with E-state index in [1.807, 2.05) is 62.9 Å². The zero-order valence-corrected chi connectivity index (χ0v) is 22.4. The number of rotatable bonds is 8. The lowest BCUT2D eigenvalue weighted by Crippen LogP contribution is -2.44. The number of benzene rings is 2. The van der Waals surface area contributed by atoms with Crippen molar-refractivity contribution in [2.45, 2.75) is 79.8 Å². The summed E-state index contributed by atoms with van der Waals surface area (Å²) in [5, 5.41) is 3.43. The van der Waals surface area contributed by atoms with Gasteiger partial charge in [0.25, 0.3) is 0 Å². The van der Waals surface area contributed by atoms with E-state index >= 15 is 0 Å². The number of hydrogen-bond acceptors (Lipinski definition) is 4. The van der Waals surface area contributed by atoms with Crippen molar-refractivity contribution in [2.75, 3.05) is 23.3 Å². The highest BCUT2D eigenvalue weighted by Gasteiger charge is 2.26. The van der Waals surface area contributed by atoms with Gasteiger partial charge in [0.05, 0.1) is 29.5 Å². The average molecular weight is 489 g/mol. The van der Waals surface area contributed by atoms with E-state index in [-0.39, 0.29) is 12.5 Å². The molecule has 0 aliphatic carbocycles. The Balaban J connectivity index is 0.000000553. The molecule has 6 heteroatoms. The number of aldehydes is 1. The molecule has 0 saturated heterocycles. The van der Waals surface area contributed by atoms with E-state index in [1.165, 1.54) is 32.1 Å². The van der Waals surface area contributed by atoms with Crippen molar-refractivity contribution in [1.29, 1.82) is 0 Å². The zero-order valence-electron chi connectivity index (χ0n) is 21.6. The number of para-hydroxylation sites is 2. The number of unbranched alkanes of at least 4 members (excludes halogenated alkanes) is 4. The van der Waals surface area contributed by atoms with Crippen molar-refractivity contribution in [3.8, 4) is 5.75 Å². The normalized spacial score (nSPS) is 13.9. The van der Waals surface area contributed by atoms with Crippen molar-refractivity contribution >= 4 is 35.2 Å². The van der Waals surface area contributed by atoms with Crippen LogP contribution in [-0.2, 0) is 9.59 Å². The van der Waals surface area contributed by atoms with E-state index < -0.39 is 6.10 Å². The van der Waals surface area contributed by atoms with Crippen LogP contribution < -0.4 is 15.0 Å². The second-order valence-electron chi connectivity index (χ2n) is 8.14. The Morgan fingerprint density at radius 1 is 1.06 bits per heavy atom. The molecule has 1 heterocycles. The fourth-order valence-corrected chi connectivity index (χ4v) is 3.77. The van der Waals surface area contributed by atoms with Gasteiger partial charge in [-0.25, -0.2) is 0 Å². The molecule has 1 aliphatic heterocycles. The van der Waals surface area contributed by atoms with E-state index in [1.54, 1.807) is 6.07 Å². The molecular weight excluding hydrogens is 448 g/mol. The first-order valence-corrected chi connectivity index (χ1v) is 12.8. The third kappa shape index (κ3) is 9.02. The van der Waals surface area contributed by atoms with Gasteiger partial charge in [-0.3, -0.25) is 9.59 Å². The fraction of sp³-hybridized carbons (Fsp3) is 0.500. The standard InChI is InChI=1S/C19H19ClN2O3.C7H16.C2H6/c1-12-7-8-13(2)19(18(12)20)21-17(24)10-22-9-14(11-23)25-16-6-4-3-5-15(16)22;1-3-5-7-6-4-2;1-2/h3-8,11,14H,9-10H2,1-2H3,(H,21,24);3-7H2,1-2H3;1-2H3. The van der Waals surface area contributed by atoms with Crippen LogP contribution in [0.5, 0.6) is 5.75 Å². The summed E-state index contributed by atoms with van der Waals surface area (Å²) in [6.07, 6.45) is 7.17. The Hall–Kier alpha value is -2.53. The van der Waals surface area contributed by atoms with Crippen LogP contribution in [0.25, 0.3) is 0 Å². The van der Waals surface area contributed by atoms with Crippen molar-refractivity contribution in [3.05, 3.63) is 52.5 Å². The third-order valence-electron chi connectivity index (χ3n) is 5.39. The van der Waals surface area contributed by atoms with E-state index in [4.69, 9.17) is 16.3 Å². The largest absolute Gasteiger partial charge is 0.479 e. The van der Waals surface area contributed by atoms with Crippen LogP contribution in [0, 0.1) is 13.8 Å². The number of carbonyl (C=O) groups excluding carboxylic acids is 2. The number of anilines is 2. The van der Waals surface area contributed by atoms with Crippen LogP contribution in [0.1, 0.15) is 70.9 Å². The van der Waals surface area contributed by atoms with Gasteiger partial charge in [0, 0.05) is 0 Å². The molecule has 3 rings (SSSR count). The van der Waals surface area contributed by atoms with Crippen LogP contribution in [0.15, 0.2) is 36.4 Å². The molecule has 1 N–H and O–H groups in total. The predicted molar refractivity (Wildman–Crippen MR) is 144 cm³/mol. The minimum Gasteiger partial charge on any atom is -0.479 e. The summed E-state index contributed by atoms with van der Waals surface area (Å²) in [5.74, 6) is 0.403. The maximum Gasteiger partial charge on any atom is 0.243 e. The maximum absolute atomic E-state index is 12.6. The van der Waals surface area contributed by atoms with Gasteiger partial charge >= 0.3 is 0 Å². The van der Waals surface area contributed by atoms with Crippen LogP contribution >= 0.6 is 11.6 Å². The minimum atomic E-state index is -0.591. The zero-order chi connectivity index (χ0) is 25.5. The smallest absolute Gasteiger partial charge is 0.243 e. The lowest BCUT2D eigenvalue weighted by molar-refractivity contribution is -0.116. The highest BCUT2D eigenvalue weighted by atomic mass is 35.5. The maximum atomic E-state index is 12.6. The summed E-state index contributed by atoms with van der Waals surface area (Å²) in [5.41, 5.74) is 3.22. The van der Waals surface area contributed by atoms with Crippen molar-refractivity contribution in [3.63, 3.8) is 0 Å². The summed E-state index contributed by atoms with van der Waals surface area (Å²) in [6, 6.07) is 11.2. The molecule has 0 bridgehead atoms. The number of nitrogens with one attached hydrogen (secondary N) is 1. The van der Waals surface area contributed by atoms with Crippen LogP contribution in [-0.4, -0.2) is 31.4 Å². The topological polar surface area (TPSA) is 58.6 Å². The quantitative estimate of drug-likeness (QED) is 0.311. The van der Waals surface area contributed by atoms with Gasteiger partial charge in [0.15, 0.2) is 12.4 Å². The third-order valence-corrected chi connectivity index (χ3v) is 5.87. The summed E-state index contributed by atoms with van der Waals surface area (Å²) in [6.45, 7) is 12.7. The Morgan fingerprint density at radius 3 is 2.29 bits per heavy atom. The second kappa shape index (κ2) is 16.2. The first kappa shape index (κ1) is 29.5. The molecule has 34 heavy (non-hydrogen) atoms. The number of amides is 1. The molecule has 5 nitrogen and oxygen atoms in total. The van der Waals surface area contributed by atoms with Gasteiger partial charge in [-0.1, -0.05) is 95.7 Å². The molecule has 1 aliphatic rings. The van der Waals surface area contributed by atoms with E-state index in [0.29, 0.717) is 23.0 Å². The molecule has 2 aromatic carbocycles. The lowest BCUT2D eigenvalue weighted by atomic mass is 10.1. The first-order valence-electron chi connectivity index (χ1n) is 12.4. The number of ether oxygens (including phenoxy) is 1. The van der Waals surface area contributed by atoms with Gasteiger partial charge in [-0.2, -0.15) is 0 Å². The number of aryl methyl sites for hydroxylation is 2. The number of nitrogens with zero attached hydrogens (tertiary/aromatic N) is 1. The summed E-state index contributed by atoms with van der Waals surface area (Å²) < 4.78 is 5.60. The molecule has 2 aromatic rings. The Bertz CT molecular complexity index is 897. The lowest BCUT2D eigenvalue weighted by Gasteiger charge is -2.33. The van der Waals surface area contributed by atoms with Crippen molar-refractivity contribution in [1.82, 2.24) is 0 Å². The molecule has 0 radical (unpaired) electrons. The molecule has 1 amide bonds. The second-order valence-corrected chi connectivity index (χ2v) is 8.52. The molecule has 0 aromatic heterocycles. The van der Waals surface area contributed by atoms with Gasteiger partial charge in [0.2, 0.25) is 5.91 Å². The highest BCUT2D eigenvalue weighted by molar-refractivity contribution is 6.34. The van der Waals surface area contributed by atoms with E-state index in [0.717, 1.165) is 23.1 Å². The Labute approximate surface area is 210 Å². The summed E-state index contributed by atoms with van der Waals surface area (Å²) in [7, 11) is 0. The molecule has 1 unspecified atom stereocenters. The minimum absolute atomic E-state index is 0.106. The predicted octanol–water partition coefficient (Wildman–Crippen LogP) is 7.36. The van der Waals surface area contributed by atoms with Gasteiger partial charge < -0.3 is 15.0 Å². The summed E-state index contributed by atoms with van der Waals surface area (Å²) in [4.78, 5) is 25.5. The van der Waals surface area contributed by atoms with Crippen molar-refractivity contribution in [2.24, 2.45) is 0 Å². The highest BCUT2D eigenvalue weighted by Crippen LogP contribution is 2.33. The van der Waals surface area contributed by atoms with Gasteiger partial charge in [-0.05, 0) is 37.1 Å². The van der Waals surface area contributed by atoms with Crippen LogP contribution in [0.4, 0.5) is 11.4 Å². The number of fused-ring (bicyclic) bond motifs is 1. The molecule has 0 fully saturated rings. The molecule has 0 saturated carbocycles. The molecular formula is C28H41ClN2O3. The molecule has 188 valence electrons.